The van der Waals surface area contributed by atoms with E-state index in [9.17, 15) is 44.7 Å². The lowest BCUT2D eigenvalue weighted by Crippen LogP contribution is -2.69. The van der Waals surface area contributed by atoms with Crippen LogP contribution < -0.4 is 10.6 Å². The van der Waals surface area contributed by atoms with Crippen molar-refractivity contribution in [1.82, 2.24) is 15.7 Å². The summed E-state index contributed by atoms with van der Waals surface area (Å²) in [5.41, 5.74) is -0.754. The van der Waals surface area contributed by atoms with E-state index in [-0.39, 0.29) is 45.4 Å². The Bertz CT molecular complexity index is 1850. The third-order valence-electron chi connectivity index (χ3n) is 13.2. The van der Waals surface area contributed by atoms with Crippen LogP contribution in [0.25, 0.3) is 6.08 Å². The van der Waals surface area contributed by atoms with Crippen molar-refractivity contribution < 1.29 is 78.0 Å². The van der Waals surface area contributed by atoms with Gasteiger partial charge in [0, 0.05) is 38.6 Å². The molecule has 4 heterocycles. The summed E-state index contributed by atoms with van der Waals surface area (Å²) in [6.45, 7) is 8.38. The van der Waals surface area contributed by atoms with Crippen LogP contribution in [0.1, 0.15) is 123 Å². The number of nitrogens with one attached hydrogen (secondary N) is 2. The molecule has 4 aliphatic heterocycles. The summed E-state index contributed by atoms with van der Waals surface area (Å²) >= 11 is 0. The van der Waals surface area contributed by atoms with E-state index in [2.05, 4.69) is 24.5 Å². The maximum absolute atomic E-state index is 14.9. The van der Waals surface area contributed by atoms with Gasteiger partial charge >= 0.3 is 11.9 Å². The number of amides is 2. The molecule has 12 atom stereocenters. The molecule has 1 saturated carbocycles. The summed E-state index contributed by atoms with van der Waals surface area (Å²) < 4.78 is 36.5. The zero-order chi connectivity index (χ0) is 48.5. The van der Waals surface area contributed by atoms with Crippen LogP contribution in [0.3, 0.4) is 0 Å². The Morgan fingerprint density at radius 1 is 0.955 bits per heavy atom. The predicted molar refractivity (Wildman–Crippen MR) is 239 cm³/mol. The molecule has 0 aromatic heterocycles. The maximum atomic E-state index is 14.9. The third-order valence-corrected chi connectivity index (χ3v) is 13.2. The van der Waals surface area contributed by atoms with Crippen LogP contribution >= 0.6 is 0 Å². The van der Waals surface area contributed by atoms with Gasteiger partial charge in [-0.25, -0.2) is 0 Å². The lowest BCUT2D eigenvalue weighted by atomic mass is 9.62. The van der Waals surface area contributed by atoms with Crippen molar-refractivity contribution in [2.24, 2.45) is 5.41 Å². The molecule has 0 spiro atoms. The zero-order valence-corrected chi connectivity index (χ0v) is 39.5. The van der Waals surface area contributed by atoms with E-state index >= 15 is 0 Å². The number of benzene rings is 1. The van der Waals surface area contributed by atoms with Crippen LogP contribution in [0, 0.1) is 5.41 Å². The molecule has 376 valence electrons. The minimum atomic E-state index is -1.58. The number of rotatable bonds is 24. The Kier molecular flexibility index (Phi) is 18.4. The van der Waals surface area contributed by atoms with Crippen molar-refractivity contribution >= 4 is 29.8 Å². The molecule has 0 radical (unpaired) electrons. The molecule has 4 saturated heterocycles. The lowest BCUT2D eigenvalue weighted by Gasteiger charge is -2.48. The third kappa shape index (κ3) is 12.4. The number of hydroxylamine groups is 2. The molecule has 5 aliphatic rings. The summed E-state index contributed by atoms with van der Waals surface area (Å²) in [5, 5.41) is 57.4. The summed E-state index contributed by atoms with van der Waals surface area (Å²) in [7, 11) is 0. The first-order valence-corrected chi connectivity index (χ1v) is 24.1. The van der Waals surface area contributed by atoms with Gasteiger partial charge in [-0.2, -0.15) is 5.06 Å². The van der Waals surface area contributed by atoms with Crippen LogP contribution in [-0.2, 0) is 59.0 Å². The summed E-state index contributed by atoms with van der Waals surface area (Å²) in [5.74, 6) is -3.02. The van der Waals surface area contributed by atoms with Gasteiger partial charge in [0.1, 0.15) is 59.8 Å². The monoisotopic (exact) mass is 947 g/mol. The predicted octanol–water partition coefficient (Wildman–Crippen LogP) is 2.06. The van der Waals surface area contributed by atoms with Crippen molar-refractivity contribution in [3.63, 3.8) is 0 Å². The molecule has 1 aromatic rings. The summed E-state index contributed by atoms with van der Waals surface area (Å²) in [6.07, 6.45) is 0.0606. The topological polar surface area (TPSA) is 261 Å². The molecule has 19 heteroatoms. The Morgan fingerprint density at radius 3 is 2.33 bits per heavy atom. The molecule has 67 heavy (non-hydrogen) atoms. The highest BCUT2D eigenvalue weighted by Crippen LogP contribution is 2.58. The van der Waals surface area contributed by atoms with Gasteiger partial charge in [-0.1, -0.05) is 75.9 Å². The van der Waals surface area contributed by atoms with Gasteiger partial charge < -0.3 is 64.6 Å². The number of aliphatic hydroxyl groups is 5. The highest BCUT2D eigenvalue weighted by atomic mass is 16.8. The van der Waals surface area contributed by atoms with Gasteiger partial charge in [-0.15, -0.1) is 0 Å². The number of fused-ring (bicyclic) bond motifs is 4. The van der Waals surface area contributed by atoms with Crippen molar-refractivity contribution in [3.05, 3.63) is 41.5 Å². The fourth-order valence-corrected chi connectivity index (χ4v) is 9.88. The SMILES string of the molecule is CCCCCC1(CCCCC)O[C@@H]2[C@H](O1)[C@H]1ON(Cc3ccccc3C=CCO[C@H]3O[C@H](CO)[C@H](O)[C@H](O)[C@H]3O)[C@H]3C(=O)O[C@@H]2C[C@@]13C(=O)NCCC(=O)N[C@H](CO)CCC(=O)OC(C)(C)C. The zero-order valence-electron chi connectivity index (χ0n) is 39.5. The first-order valence-electron chi connectivity index (χ1n) is 24.1. The quantitative estimate of drug-likeness (QED) is 0.0578. The molecular formula is C48H73N3O16. The molecule has 7 N–H and O–H groups in total. The molecule has 1 aromatic carbocycles. The Morgan fingerprint density at radius 2 is 1.66 bits per heavy atom. The van der Waals surface area contributed by atoms with E-state index in [0.717, 1.165) is 38.5 Å². The summed E-state index contributed by atoms with van der Waals surface area (Å²) in [4.78, 5) is 61.5. The van der Waals surface area contributed by atoms with Crippen LogP contribution in [0.15, 0.2) is 30.3 Å². The van der Waals surface area contributed by atoms with Crippen molar-refractivity contribution in [2.75, 3.05) is 26.4 Å². The van der Waals surface area contributed by atoms with Crippen LogP contribution in [0.5, 0.6) is 0 Å². The first kappa shape index (κ1) is 52.8. The minimum Gasteiger partial charge on any atom is -0.460 e. The van der Waals surface area contributed by atoms with Crippen LogP contribution in [0.4, 0.5) is 0 Å². The number of carbonyl (C=O) groups is 4. The number of hydrogen-bond acceptors (Lipinski definition) is 17. The molecule has 19 nitrogen and oxygen atoms in total. The van der Waals surface area contributed by atoms with Crippen molar-refractivity contribution in [1.29, 1.82) is 0 Å². The number of ether oxygens (including phenoxy) is 6. The first-order chi connectivity index (χ1) is 32.0. The van der Waals surface area contributed by atoms with E-state index in [1.807, 2.05) is 24.3 Å². The van der Waals surface area contributed by atoms with Gasteiger partial charge in [-0.05, 0) is 51.2 Å². The average Bonchev–Trinajstić information content (AvgIpc) is 3.85. The average molecular weight is 948 g/mol. The molecule has 1 aliphatic carbocycles. The molecule has 0 unspecified atom stereocenters. The minimum absolute atomic E-state index is 0.00820. The maximum Gasteiger partial charge on any atom is 0.327 e. The smallest absolute Gasteiger partial charge is 0.327 e. The second-order valence-electron chi connectivity index (χ2n) is 19.4. The van der Waals surface area contributed by atoms with Crippen LogP contribution in [-0.4, -0.2) is 159 Å². The Hall–Kier alpha value is -3.60. The van der Waals surface area contributed by atoms with Gasteiger partial charge in [-0.3, -0.25) is 24.0 Å². The van der Waals surface area contributed by atoms with E-state index in [1.165, 1.54) is 5.06 Å². The fraction of sp³-hybridized carbons (Fsp3) is 0.750. The van der Waals surface area contributed by atoms with Crippen LogP contribution in [0.2, 0.25) is 0 Å². The normalized spacial score (nSPS) is 31.6. The Labute approximate surface area is 392 Å². The second-order valence-corrected chi connectivity index (χ2v) is 19.4. The molecule has 2 amide bonds. The molecule has 6 rings (SSSR count). The summed E-state index contributed by atoms with van der Waals surface area (Å²) in [6, 6.07) is 5.43. The second kappa shape index (κ2) is 23.3. The highest BCUT2D eigenvalue weighted by Gasteiger charge is 2.76. The van der Waals surface area contributed by atoms with Crippen molar-refractivity contribution in [3.8, 4) is 0 Å². The van der Waals surface area contributed by atoms with E-state index in [1.54, 1.807) is 32.9 Å². The lowest BCUT2D eigenvalue weighted by molar-refractivity contribution is -0.298. The van der Waals surface area contributed by atoms with E-state index in [0.29, 0.717) is 24.0 Å². The number of esters is 2. The Balaban J connectivity index is 1.21. The molecule has 2 bridgehead atoms. The van der Waals surface area contributed by atoms with E-state index < -0.39 is 121 Å². The number of carbonyl (C=O) groups excluding carboxylic acids is 4. The number of unbranched alkanes of at least 4 members (excludes halogenated alkanes) is 4. The van der Waals surface area contributed by atoms with Gasteiger partial charge in [0.2, 0.25) is 11.8 Å². The molecule has 5 fully saturated rings. The number of hydrogen-bond donors (Lipinski definition) is 7. The number of aliphatic hydroxyl groups excluding tert-OH is 5. The van der Waals surface area contributed by atoms with E-state index in [4.69, 9.17) is 33.3 Å². The molecular weight excluding hydrogens is 875 g/mol. The van der Waals surface area contributed by atoms with Crippen molar-refractivity contribution in [2.45, 2.75) is 197 Å². The fourth-order valence-electron chi connectivity index (χ4n) is 9.88. The van der Waals surface area contributed by atoms with Gasteiger partial charge in [0.25, 0.3) is 0 Å². The number of nitrogens with zero attached hydrogens (tertiary/aromatic N) is 1. The van der Waals surface area contributed by atoms with Gasteiger partial charge in [0.15, 0.2) is 18.1 Å². The van der Waals surface area contributed by atoms with Gasteiger partial charge in [0.05, 0.1) is 32.4 Å². The largest absolute Gasteiger partial charge is 0.460 e. The highest BCUT2D eigenvalue weighted by molar-refractivity contribution is 5.94. The standard InChI is InChI=1S/C48H73N3O16/c1-6-8-12-21-47(22-13-9-7-2)65-39-32-25-48(45(60)49-23-20-34(54)50-31(27-52)18-19-35(55)64-46(3,4)5)41(43(59)62-32)51(67-42(48)40(39)66-47)26-30-16-11-10-15-29(30)17-14-24-61-44-38(58)37(57)36(56)33(28-53)63-44/h10-11,14-17,31-33,36-42,44,52-53,56-58H,6-9,12-13,18-28H2,1-5H3,(H,49,60)(H,50,54)/t31-,32+,33+,36-,37-,38+,39-,40-,41-,42+,44-,48-/m0/s1.